The van der Waals surface area contributed by atoms with Crippen LogP contribution in [-0.2, 0) is 10.0 Å². The van der Waals surface area contributed by atoms with Crippen LogP contribution in [0.2, 0.25) is 4.34 Å². The monoisotopic (exact) mass is 351 g/mol. The molecule has 0 saturated carbocycles. The van der Waals surface area contributed by atoms with Gasteiger partial charge >= 0.3 is 0 Å². The number of nitrogens with one attached hydrogen (secondary N) is 1. The zero-order valence-corrected chi connectivity index (χ0v) is 14.8. The summed E-state index contributed by atoms with van der Waals surface area (Å²) in [6, 6.07) is 2.49. The van der Waals surface area contributed by atoms with Crippen LogP contribution in [-0.4, -0.2) is 25.7 Å². The van der Waals surface area contributed by atoms with Gasteiger partial charge in [-0.1, -0.05) is 44.0 Å². The Hall–Kier alpha value is -0.400. The first-order valence-electron chi connectivity index (χ1n) is 6.88. The minimum Gasteiger partial charge on any atom is -0.391 e. The van der Waals surface area contributed by atoms with Crippen molar-refractivity contribution in [3.8, 4) is 0 Å². The third-order valence-electron chi connectivity index (χ3n) is 3.39. The summed E-state index contributed by atoms with van der Waals surface area (Å²) < 4.78 is 27.9. The van der Waals surface area contributed by atoms with Crippen molar-refractivity contribution in [3.63, 3.8) is 0 Å². The molecule has 0 bridgehead atoms. The van der Waals surface area contributed by atoms with Gasteiger partial charge in [0, 0.05) is 0 Å². The van der Waals surface area contributed by atoms with Crippen LogP contribution in [0.3, 0.4) is 0 Å². The quantitative estimate of drug-likeness (QED) is 0.705. The fourth-order valence-corrected chi connectivity index (χ4v) is 4.81. The predicted molar refractivity (Wildman–Crippen MR) is 88.3 cm³/mol. The Morgan fingerprint density at radius 1 is 1.48 bits per heavy atom. The van der Waals surface area contributed by atoms with Gasteiger partial charge in [0.05, 0.1) is 16.5 Å². The van der Waals surface area contributed by atoms with Gasteiger partial charge in [0.2, 0.25) is 10.0 Å². The Morgan fingerprint density at radius 3 is 2.62 bits per heavy atom. The number of sulfonamides is 1. The van der Waals surface area contributed by atoms with Crippen LogP contribution in [0.25, 0.3) is 0 Å². The van der Waals surface area contributed by atoms with Crippen molar-refractivity contribution in [1.82, 2.24) is 4.72 Å². The average molecular weight is 352 g/mol. The van der Waals surface area contributed by atoms with Gasteiger partial charge in [0.1, 0.15) is 4.21 Å². The molecule has 0 aliphatic heterocycles. The summed E-state index contributed by atoms with van der Waals surface area (Å²) in [7, 11) is -3.66. The number of hydrogen-bond donors (Lipinski definition) is 2. The maximum Gasteiger partial charge on any atom is 0.250 e. The van der Waals surface area contributed by atoms with E-state index in [0.717, 1.165) is 17.8 Å². The molecular formula is C14H22ClNO3S2. The molecule has 1 heterocycles. The minimum absolute atomic E-state index is 0.0236. The Kier molecular flexibility index (Phi) is 7.36. The first-order valence-corrected chi connectivity index (χ1v) is 9.56. The van der Waals surface area contributed by atoms with E-state index in [1.54, 1.807) is 6.07 Å². The molecule has 0 amide bonds. The fourth-order valence-electron chi connectivity index (χ4n) is 1.93. The highest BCUT2D eigenvalue weighted by Crippen LogP contribution is 2.26. The van der Waals surface area contributed by atoms with E-state index in [0.29, 0.717) is 10.8 Å². The maximum atomic E-state index is 12.4. The molecule has 4 nitrogen and oxygen atoms in total. The van der Waals surface area contributed by atoms with Crippen molar-refractivity contribution in [2.75, 3.05) is 0 Å². The molecule has 3 atom stereocenters. The number of allylic oxidation sites excluding steroid dienone is 1. The predicted octanol–water partition coefficient (Wildman–Crippen LogP) is 3.42. The highest BCUT2D eigenvalue weighted by Gasteiger charge is 2.29. The van der Waals surface area contributed by atoms with E-state index in [-0.39, 0.29) is 10.1 Å². The van der Waals surface area contributed by atoms with Crippen molar-refractivity contribution in [2.45, 2.75) is 50.0 Å². The van der Waals surface area contributed by atoms with Gasteiger partial charge in [0.15, 0.2) is 0 Å². The summed E-state index contributed by atoms with van der Waals surface area (Å²) >= 11 is 6.80. The van der Waals surface area contributed by atoms with E-state index >= 15 is 0 Å². The van der Waals surface area contributed by atoms with Crippen LogP contribution in [0.15, 0.2) is 28.5 Å². The summed E-state index contributed by atoms with van der Waals surface area (Å²) in [5.41, 5.74) is 0. The molecule has 0 radical (unpaired) electrons. The minimum atomic E-state index is -3.66. The number of halogens is 1. The van der Waals surface area contributed by atoms with Gasteiger partial charge in [-0.05, 0) is 31.4 Å². The second kappa shape index (κ2) is 8.29. The Balaban J connectivity index is 2.95. The van der Waals surface area contributed by atoms with Crippen molar-refractivity contribution in [1.29, 1.82) is 0 Å². The van der Waals surface area contributed by atoms with Gasteiger partial charge in [-0.2, -0.15) is 0 Å². The molecule has 1 aromatic heterocycles. The summed E-state index contributed by atoms with van der Waals surface area (Å²) in [6.45, 7) is 5.76. The lowest BCUT2D eigenvalue weighted by atomic mass is 9.93. The highest BCUT2D eigenvalue weighted by atomic mass is 35.5. The number of hydrogen-bond acceptors (Lipinski definition) is 4. The molecule has 0 aliphatic rings. The lowest BCUT2D eigenvalue weighted by Crippen LogP contribution is -2.47. The molecule has 7 heteroatoms. The first-order chi connectivity index (χ1) is 9.81. The Morgan fingerprint density at radius 2 is 2.14 bits per heavy atom. The SMILES string of the molecule is CC=CC[C@H](O)[C@@H](NS(=O)(=O)c1ccc(Cl)s1)[C@@H](C)CC. The standard InChI is InChI=1S/C14H22ClNO3S2/c1-4-6-7-11(17)14(10(3)5-2)16-21(18,19)13-9-8-12(15)20-13/h4,6,8-11,14,16-17H,5,7H2,1-3H3/t10-,11-,14-/m0/s1. The van der Waals surface area contributed by atoms with Crippen LogP contribution in [0, 0.1) is 5.92 Å². The molecule has 21 heavy (non-hydrogen) atoms. The van der Waals surface area contributed by atoms with Gasteiger partial charge in [-0.15, -0.1) is 11.3 Å². The molecule has 120 valence electrons. The molecule has 0 fully saturated rings. The zero-order valence-electron chi connectivity index (χ0n) is 12.4. The molecule has 0 unspecified atom stereocenters. The second-order valence-electron chi connectivity index (χ2n) is 4.96. The summed E-state index contributed by atoms with van der Waals surface area (Å²) in [6.07, 6.45) is 4.09. The zero-order chi connectivity index (χ0) is 16.0. The topological polar surface area (TPSA) is 66.4 Å². The van der Waals surface area contributed by atoms with Crippen molar-refractivity contribution in [2.24, 2.45) is 5.92 Å². The largest absolute Gasteiger partial charge is 0.391 e. The second-order valence-corrected chi connectivity index (χ2v) is 8.62. The van der Waals surface area contributed by atoms with E-state index < -0.39 is 22.2 Å². The van der Waals surface area contributed by atoms with Crippen molar-refractivity contribution < 1.29 is 13.5 Å². The molecule has 0 saturated heterocycles. The number of aliphatic hydroxyl groups is 1. The number of thiophene rings is 1. The lowest BCUT2D eigenvalue weighted by molar-refractivity contribution is 0.114. The Bertz CT molecular complexity index is 569. The van der Waals surface area contributed by atoms with Crippen LogP contribution in [0.4, 0.5) is 0 Å². The van der Waals surface area contributed by atoms with E-state index in [1.807, 2.05) is 32.9 Å². The van der Waals surface area contributed by atoms with E-state index in [2.05, 4.69) is 4.72 Å². The molecule has 1 aromatic rings. The van der Waals surface area contributed by atoms with E-state index in [9.17, 15) is 13.5 Å². The third-order valence-corrected chi connectivity index (χ3v) is 6.57. The Labute approximate surface area is 135 Å². The molecule has 0 aliphatic carbocycles. The van der Waals surface area contributed by atoms with Crippen LogP contribution >= 0.6 is 22.9 Å². The number of aliphatic hydroxyl groups excluding tert-OH is 1. The van der Waals surface area contributed by atoms with Gasteiger partial charge in [-0.3, -0.25) is 0 Å². The van der Waals surface area contributed by atoms with Crippen LogP contribution < -0.4 is 4.72 Å². The van der Waals surface area contributed by atoms with Gasteiger partial charge < -0.3 is 5.11 Å². The first kappa shape index (κ1) is 18.6. The van der Waals surface area contributed by atoms with Crippen LogP contribution in [0.5, 0.6) is 0 Å². The normalized spacial score (nSPS) is 17.0. The van der Waals surface area contributed by atoms with E-state index in [4.69, 9.17) is 11.6 Å². The third kappa shape index (κ3) is 5.38. The van der Waals surface area contributed by atoms with Crippen molar-refractivity contribution >= 4 is 33.0 Å². The average Bonchev–Trinajstić information content (AvgIpc) is 2.88. The number of rotatable bonds is 8. The lowest BCUT2D eigenvalue weighted by Gasteiger charge is -2.28. The van der Waals surface area contributed by atoms with Gasteiger partial charge in [0.25, 0.3) is 0 Å². The molecule has 0 spiro atoms. The molecule has 2 N–H and O–H groups in total. The fraction of sp³-hybridized carbons (Fsp3) is 0.571. The molecule has 1 rings (SSSR count). The summed E-state index contributed by atoms with van der Waals surface area (Å²) in [5, 5.41) is 10.3. The van der Waals surface area contributed by atoms with Crippen molar-refractivity contribution in [3.05, 3.63) is 28.6 Å². The maximum absolute atomic E-state index is 12.4. The highest BCUT2D eigenvalue weighted by molar-refractivity contribution is 7.91. The molecule has 0 aromatic carbocycles. The summed E-state index contributed by atoms with van der Waals surface area (Å²) in [5.74, 6) is 0.0236. The van der Waals surface area contributed by atoms with E-state index in [1.165, 1.54) is 6.07 Å². The van der Waals surface area contributed by atoms with Gasteiger partial charge in [-0.25, -0.2) is 13.1 Å². The molecular weight excluding hydrogens is 330 g/mol. The smallest absolute Gasteiger partial charge is 0.250 e. The summed E-state index contributed by atoms with van der Waals surface area (Å²) in [4.78, 5) is 0. The van der Waals surface area contributed by atoms with Crippen LogP contribution in [0.1, 0.15) is 33.6 Å².